The Morgan fingerprint density at radius 1 is 1.32 bits per heavy atom. The van der Waals surface area contributed by atoms with Crippen molar-refractivity contribution >= 4 is 34.9 Å². The minimum absolute atomic E-state index is 0.104. The average molecular weight is 393 g/mol. The van der Waals surface area contributed by atoms with Crippen LogP contribution in [0.25, 0.3) is 10.9 Å². The van der Waals surface area contributed by atoms with Gasteiger partial charge < -0.3 is 9.47 Å². The zero-order chi connectivity index (χ0) is 16.3. The van der Waals surface area contributed by atoms with Crippen molar-refractivity contribution in [1.82, 2.24) is 9.78 Å². The van der Waals surface area contributed by atoms with Gasteiger partial charge in [-0.15, -0.1) is 0 Å². The van der Waals surface area contributed by atoms with E-state index in [9.17, 15) is 8.78 Å². The van der Waals surface area contributed by atoms with Crippen molar-refractivity contribution in [1.29, 1.82) is 0 Å². The van der Waals surface area contributed by atoms with Gasteiger partial charge in [0.15, 0.2) is 0 Å². The summed E-state index contributed by atoms with van der Waals surface area (Å²) in [6.45, 7) is 4.94. The summed E-state index contributed by atoms with van der Waals surface area (Å²) in [7, 11) is -1.13. The Labute approximate surface area is 137 Å². The summed E-state index contributed by atoms with van der Waals surface area (Å²) in [6, 6.07) is 4.38. The molecule has 0 atom stereocenters. The van der Waals surface area contributed by atoms with Crippen molar-refractivity contribution in [2.24, 2.45) is 0 Å². The Kier molecular flexibility index (Phi) is 5.57. The number of hydrogen-bond donors (Lipinski definition) is 0. The van der Waals surface area contributed by atoms with E-state index in [1.54, 1.807) is 4.68 Å². The summed E-state index contributed by atoms with van der Waals surface area (Å²) < 4.78 is 37.4. The molecule has 0 saturated heterocycles. The first kappa shape index (κ1) is 17.4. The van der Waals surface area contributed by atoms with Crippen molar-refractivity contribution in [3.63, 3.8) is 0 Å². The van der Waals surface area contributed by atoms with Gasteiger partial charge in [0.2, 0.25) is 0 Å². The molecule has 8 heteroatoms. The third kappa shape index (κ3) is 4.75. The Bertz CT molecular complexity index is 644. The maximum Gasteiger partial charge on any atom is 0.387 e. The van der Waals surface area contributed by atoms with Crippen molar-refractivity contribution in [2.45, 2.75) is 39.0 Å². The molecule has 1 aromatic carbocycles. The lowest BCUT2D eigenvalue weighted by molar-refractivity contribution is -0.0488. The Hall–Kier alpha value is -0.993. The first-order chi connectivity index (χ1) is 10.3. The summed E-state index contributed by atoms with van der Waals surface area (Å²) >= 11 is 3.30. The molecule has 0 aliphatic carbocycles. The Morgan fingerprint density at radius 3 is 2.68 bits per heavy atom. The van der Waals surface area contributed by atoms with Gasteiger partial charge in [-0.2, -0.15) is 13.9 Å². The van der Waals surface area contributed by atoms with Gasteiger partial charge in [-0.05, 0) is 18.2 Å². The number of hydrogen-bond acceptors (Lipinski definition) is 3. The first-order valence-electron chi connectivity index (χ1n) is 6.94. The first-order valence-corrected chi connectivity index (χ1v) is 11.4. The molecule has 4 nitrogen and oxygen atoms in total. The van der Waals surface area contributed by atoms with Crippen LogP contribution in [0.5, 0.6) is 5.75 Å². The lowest BCUT2D eigenvalue weighted by Crippen LogP contribution is -2.22. The minimum atomic E-state index is -2.87. The zero-order valence-electron chi connectivity index (χ0n) is 12.8. The molecule has 0 N–H and O–H groups in total. The molecule has 1 heterocycles. The average Bonchev–Trinajstić information content (AvgIpc) is 2.76. The largest absolute Gasteiger partial charge is 0.434 e. The second kappa shape index (κ2) is 7.06. The normalized spacial score (nSPS) is 12.3. The number of ether oxygens (including phenoxy) is 2. The number of nitrogens with zero attached hydrogens (tertiary/aromatic N) is 2. The van der Waals surface area contributed by atoms with Gasteiger partial charge in [0.1, 0.15) is 12.5 Å². The molecule has 0 bridgehead atoms. The standard InChI is InChI=1S/C14H19BrF2N2O2Si/c1-22(2,3)5-4-20-9-19-12-6-10(15)7-13(21-14(16)17)11(12)8-18-19/h6-8,14H,4-5,9H2,1-3H3. The van der Waals surface area contributed by atoms with Crippen LogP contribution in [0.2, 0.25) is 25.7 Å². The molecule has 0 aliphatic heterocycles. The second-order valence-corrected chi connectivity index (χ2v) is 12.7. The highest BCUT2D eigenvalue weighted by atomic mass is 79.9. The molecule has 1 aromatic heterocycles. The van der Waals surface area contributed by atoms with E-state index in [0.29, 0.717) is 28.7 Å². The molecule has 2 aromatic rings. The van der Waals surface area contributed by atoms with Gasteiger partial charge in [-0.1, -0.05) is 35.6 Å². The molecular weight excluding hydrogens is 374 g/mol. The summed E-state index contributed by atoms with van der Waals surface area (Å²) in [5.41, 5.74) is 0.693. The van der Waals surface area contributed by atoms with E-state index in [-0.39, 0.29) is 5.75 Å². The SMILES string of the molecule is C[Si](C)(C)CCOCn1ncc2c(OC(F)F)cc(Br)cc21. The third-order valence-electron chi connectivity index (χ3n) is 3.12. The molecule has 22 heavy (non-hydrogen) atoms. The van der Waals surface area contributed by atoms with Crippen LogP contribution in [-0.2, 0) is 11.5 Å². The lowest BCUT2D eigenvalue weighted by Gasteiger charge is -2.15. The molecule has 122 valence electrons. The van der Waals surface area contributed by atoms with Crippen molar-refractivity contribution in [3.8, 4) is 5.75 Å². The second-order valence-electron chi connectivity index (χ2n) is 6.21. The molecule has 2 rings (SSSR count). The predicted molar refractivity (Wildman–Crippen MR) is 88.2 cm³/mol. The van der Waals surface area contributed by atoms with Crippen molar-refractivity contribution in [2.75, 3.05) is 6.61 Å². The number of fused-ring (bicyclic) bond motifs is 1. The number of alkyl halides is 2. The highest BCUT2D eigenvalue weighted by molar-refractivity contribution is 9.10. The van der Waals surface area contributed by atoms with E-state index < -0.39 is 14.7 Å². The van der Waals surface area contributed by atoms with Gasteiger partial charge in [0.25, 0.3) is 0 Å². The molecule has 0 amide bonds. The number of benzene rings is 1. The summed E-state index contributed by atoms with van der Waals surface area (Å²) in [6.07, 6.45) is 1.52. The highest BCUT2D eigenvalue weighted by Crippen LogP contribution is 2.31. The maximum absolute atomic E-state index is 12.5. The van der Waals surface area contributed by atoms with Gasteiger partial charge in [-0.25, -0.2) is 4.68 Å². The van der Waals surface area contributed by atoms with Gasteiger partial charge in [-0.3, -0.25) is 0 Å². The fourth-order valence-electron chi connectivity index (χ4n) is 1.94. The van der Waals surface area contributed by atoms with Gasteiger partial charge in [0, 0.05) is 19.2 Å². The lowest BCUT2D eigenvalue weighted by atomic mass is 10.2. The van der Waals surface area contributed by atoms with Crippen molar-refractivity contribution < 1.29 is 18.3 Å². The molecule has 0 saturated carbocycles. The summed E-state index contributed by atoms with van der Waals surface area (Å²) in [5.74, 6) is 0.104. The molecule has 0 aliphatic rings. The van der Waals surface area contributed by atoms with Crippen LogP contribution >= 0.6 is 15.9 Å². The maximum atomic E-state index is 12.5. The summed E-state index contributed by atoms with van der Waals surface area (Å²) in [5, 5.41) is 4.73. The molecule has 0 spiro atoms. The van der Waals surface area contributed by atoms with Crippen LogP contribution in [0.3, 0.4) is 0 Å². The van der Waals surface area contributed by atoms with E-state index >= 15 is 0 Å². The van der Waals surface area contributed by atoms with Crippen LogP contribution in [0.1, 0.15) is 0 Å². The zero-order valence-corrected chi connectivity index (χ0v) is 15.4. The smallest absolute Gasteiger partial charge is 0.387 e. The Morgan fingerprint density at radius 2 is 2.05 bits per heavy atom. The molecule has 0 fully saturated rings. The summed E-state index contributed by atoms with van der Waals surface area (Å²) in [4.78, 5) is 0. The molecular formula is C14H19BrF2N2O2Si. The highest BCUT2D eigenvalue weighted by Gasteiger charge is 2.15. The van der Waals surface area contributed by atoms with Gasteiger partial charge >= 0.3 is 6.61 Å². The molecule has 0 unspecified atom stereocenters. The van der Waals surface area contributed by atoms with E-state index in [0.717, 1.165) is 6.04 Å². The van der Waals surface area contributed by atoms with Crippen LogP contribution in [0.15, 0.2) is 22.8 Å². The quantitative estimate of drug-likeness (QED) is 0.505. The number of aromatic nitrogens is 2. The minimum Gasteiger partial charge on any atom is -0.434 e. The van der Waals surface area contributed by atoms with Crippen molar-refractivity contribution in [3.05, 3.63) is 22.8 Å². The van der Waals surface area contributed by atoms with Crippen LogP contribution in [0, 0.1) is 0 Å². The number of halogens is 3. The van der Waals surface area contributed by atoms with Crippen LogP contribution in [0.4, 0.5) is 8.78 Å². The number of rotatable bonds is 7. The predicted octanol–water partition coefficient (Wildman–Crippen LogP) is 4.71. The van der Waals surface area contributed by atoms with Crippen LogP contribution < -0.4 is 4.74 Å². The monoisotopic (exact) mass is 392 g/mol. The van der Waals surface area contributed by atoms with Gasteiger partial charge in [0.05, 0.1) is 17.1 Å². The fourth-order valence-corrected chi connectivity index (χ4v) is 3.12. The fraction of sp³-hybridized carbons (Fsp3) is 0.500. The van der Waals surface area contributed by atoms with E-state index in [1.807, 2.05) is 6.07 Å². The van der Waals surface area contributed by atoms with E-state index in [2.05, 4.69) is 45.4 Å². The third-order valence-corrected chi connectivity index (χ3v) is 5.28. The molecule has 0 radical (unpaired) electrons. The van der Waals surface area contributed by atoms with Crippen LogP contribution in [-0.4, -0.2) is 31.1 Å². The van der Waals surface area contributed by atoms with E-state index in [1.165, 1.54) is 12.3 Å². The topological polar surface area (TPSA) is 36.3 Å². The van der Waals surface area contributed by atoms with E-state index in [4.69, 9.17) is 4.74 Å². The Balaban J connectivity index is 2.13.